The molecule has 0 saturated carbocycles. The molecule has 0 saturated heterocycles. The first kappa shape index (κ1) is 22.8. The Balaban J connectivity index is 1.63. The van der Waals surface area contributed by atoms with Crippen LogP contribution in [0, 0.1) is 6.92 Å². The fraction of sp³-hybridized carbons (Fsp3) is 0.174. The van der Waals surface area contributed by atoms with Crippen LogP contribution in [0.4, 0.5) is 5.69 Å². The molecule has 0 spiro atoms. The Hall–Kier alpha value is -2.87. The minimum Gasteiger partial charge on any atom is -0.497 e. The smallest absolute Gasteiger partial charge is 0.255 e. The van der Waals surface area contributed by atoms with Crippen molar-refractivity contribution in [3.05, 3.63) is 88.4 Å². The highest BCUT2D eigenvalue weighted by molar-refractivity contribution is 7.89. The van der Waals surface area contributed by atoms with E-state index in [9.17, 15) is 13.2 Å². The topological polar surface area (TPSA) is 84.5 Å². The molecule has 0 radical (unpaired) electrons. The molecular formula is C23H23ClN2O4S. The Morgan fingerprint density at radius 2 is 1.68 bits per heavy atom. The number of methoxy groups -OCH3 is 1. The van der Waals surface area contributed by atoms with E-state index in [1.165, 1.54) is 12.1 Å². The number of amides is 1. The van der Waals surface area contributed by atoms with E-state index in [-0.39, 0.29) is 17.3 Å². The summed E-state index contributed by atoms with van der Waals surface area (Å²) in [6.45, 7) is 2.01. The molecule has 0 aliphatic heterocycles. The summed E-state index contributed by atoms with van der Waals surface area (Å²) in [5.41, 5.74) is 2.64. The minimum atomic E-state index is -3.67. The maximum atomic E-state index is 12.6. The number of sulfonamides is 1. The number of hydrogen-bond donors (Lipinski definition) is 2. The molecule has 2 N–H and O–H groups in total. The van der Waals surface area contributed by atoms with Gasteiger partial charge in [-0.25, -0.2) is 13.1 Å². The van der Waals surface area contributed by atoms with Crippen LogP contribution in [-0.4, -0.2) is 28.0 Å². The van der Waals surface area contributed by atoms with Crippen LogP contribution in [0.5, 0.6) is 5.75 Å². The zero-order valence-corrected chi connectivity index (χ0v) is 18.8. The summed E-state index contributed by atoms with van der Waals surface area (Å²) < 4.78 is 33.0. The first-order valence-corrected chi connectivity index (χ1v) is 11.4. The lowest BCUT2D eigenvalue weighted by molar-refractivity contribution is 0.102. The number of aryl methyl sites for hydroxylation is 1. The van der Waals surface area contributed by atoms with Crippen LogP contribution in [0.1, 0.15) is 21.5 Å². The number of benzene rings is 3. The Morgan fingerprint density at radius 1 is 1.00 bits per heavy atom. The number of hydrogen-bond acceptors (Lipinski definition) is 4. The second-order valence-corrected chi connectivity index (χ2v) is 9.14. The molecule has 0 atom stereocenters. The molecule has 0 aromatic heterocycles. The SMILES string of the molecule is COc1ccc(CCNS(=O)(=O)c2ccc(NC(=O)c3ccc(Cl)cc3)c(C)c2)cc1. The normalized spacial score (nSPS) is 11.2. The van der Waals surface area contributed by atoms with Crippen LogP contribution < -0.4 is 14.8 Å². The lowest BCUT2D eigenvalue weighted by Gasteiger charge is -2.12. The summed E-state index contributed by atoms with van der Waals surface area (Å²) in [4.78, 5) is 12.5. The molecular weight excluding hydrogens is 436 g/mol. The van der Waals surface area contributed by atoms with Gasteiger partial charge < -0.3 is 10.1 Å². The summed E-state index contributed by atoms with van der Waals surface area (Å²) in [5.74, 6) is 0.455. The molecule has 3 aromatic carbocycles. The van der Waals surface area contributed by atoms with Crippen LogP contribution >= 0.6 is 11.6 Å². The van der Waals surface area contributed by atoms with Crippen molar-refractivity contribution in [1.82, 2.24) is 4.72 Å². The number of rotatable bonds is 8. The molecule has 6 nitrogen and oxygen atoms in total. The Morgan fingerprint density at radius 3 is 2.29 bits per heavy atom. The quantitative estimate of drug-likeness (QED) is 0.523. The minimum absolute atomic E-state index is 0.143. The van der Waals surface area contributed by atoms with Crippen molar-refractivity contribution in [3.8, 4) is 5.75 Å². The summed E-state index contributed by atoms with van der Waals surface area (Å²) in [5, 5.41) is 3.33. The number of halogens is 1. The highest BCUT2D eigenvalue weighted by Crippen LogP contribution is 2.21. The summed E-state index contributed by atoms with van der Waals surface area (Å²) >= 11 is 5.85. The van der Waals surface area contributed by atoms with Gasteiger partial charge in [0.05, 0.1) is 12.0 Å². The average molecular weight is 459 g/mol. The number of anilines is 1. The summed E-state index contributed by atoms with van der Waals surface area (Å²) in [7, 11) is -2.07. The molecule has 3 aromatic rings. The maximum absolute atomic E-state index is 12.6. The van der Waals surface area contributed by atoms with Gasteiger partial charge in [0, 0.05) is 22.8 Å². The predicted octanol–water partition coefficient (Wildman–Crippen LogP) is 4.43. The van der Waals surface area contributed by atoms with Gasteiger partial charge in [0.2, 0.25) is 10.0 Å². The number of carbonyl (C=O) groups excluding carboxylic acids is 1. The summed E-state index contributed by atoms with van der Waals surface area (Å²) in [6, 6.07) is 18.6. The van der Waals surface area contributed by atoms with E-state index in [1.54, 1.807) is 44.4 Å². The van der Waals surface area contributed by atoms with Gasteiger partial charge in [-0.05, 0) is 79.1 Å². The largest absolute Gasteiger partial charge is 0.497 e. The van der Waals surface area contributed by atoms with Gasteiger partial charge in [0.1, 0.15) is 5.75 Å². The number of carbonyl (C=O) groups is 1. The number of ether oxygens (including phenoxy) is 1. The molecule has 0 unspecified atom stereocenters. The summed E-state index contributed by atoms with van der Waals surface area (Å²) in [6.07, 6.45) is 0.553. The van der Waals surface area contributed by atoms with Crippen LogP contribution in [0.25, 0.3) is 0 Å². The van der Waals surface area contributed by atoms with E-state index in [4.69, 9.17) is 16.3 Å². The lowest BCUT2D eigenvalue weighted by Crippen LogP contribution is -2.26. The van der Waals surface area contributed by atoms with Gasteiger partial charge in [0.15, 0.2) is 0 Å². The van der Waals surface area contributed by atoms with Crippen LogP contribution in [0.2, 0.25) is 5.02 Å². The van der Waals surface area contributed by atoms with Gasteiger partial charge in [-0.1, -0.05) is 23.7 Å². The Bertz CT molecular complexity index is 1160. The van der Waals surface area contributed by atoms with Gasteiger partial charge >= 0.3 is 0 Å². The fourth-order valence-electron chi connectivity index (χ4n) is 2.94. The molecule has 31 heavy (non-hydrogen) atoms. The third-order valence-corrected chi connectivity index (χ3v) is 6.44. The second-order valence-electron chi connectivity index (χ2n) is 6.93. The van der Waals surface area contributed by atoms with Gasteiger partial charge in [-0.3, -0.25) is 4.79 Å². The molecule has 162 valence electrons. The third kappa shape index (κ3) is 6.07. The fourth-order valence-corrected chi connectivity index (χ4v) is 4.19. The van der Waals surface area contributed by atoms with Gasteiger partial charge in [-0.2, -0.15) is 0 Å². The van der Waals surface area contributed by atoms with Crippen molar-refractivity contribution < 1.29 is 17.9 Å². The first-order chi connectivity index (χ1) is 14.8. The zero-order chi connectivity index (χ0) is 22.4. The van der Waals surface area contributed by atoms with Crippen molar-refractivity contribution in [2.24, 2.45) is 0 Å². The van der Waals surface area contributed by atoms with Crippen molar-refractivity contribution in [2.75, 3.05) is 19.0 Å². The molecule has 1 amide bonds. The Kier molecular flexibility index (Phi) is 7.33. The van der Waals surface area contributed by atoms with E-state index in [0.29, 0.717) is 28.3 Å². The average Bonchev–Trinajstić information content (AvgIpc) is 2.76. The van der Waals surface area contributed by atoms with Crippen molar-refractivity contribution >= 4 is 33.2 Å². The maximum Gasteiger partial charge on any atom is 0.255 e. The molecule has 0 fully saturated rings. The molecule has 0 bridgehead atoms. The third-order valence-electron chi connectivity index (χ3n) is 4.73. The predicted molar refractivity (Wildman–Crippen MR) is 122 cm³/mol. The highest BCUT2D eigenvalue weighted by atomic mass is 35.5. The van der Waals surface area contributed by atoms with E-state index >= 15 is 0 Å². The lowest BCUT2D eigenvalue weighted by atomic mass is 10.1. The molecule has 3 rings (SSSR count). The van der Waals surface area contributed by atoms with E-state index < -0.39 is 10.0 Å². The highest BCUT2D eigenvalue weighted by Gasteiger charge is 2.16. The molecule has 0 heterocycles. The first-order valence-electron chi connectivity index (χ1n) is 9.58. The van der Waals surface area contributed by atoms with E-state index in [0.717, 1.165) is 11.3 Å². The van der Waals surface area contributed by atoms with Crippen LogP contribution in [0.3, 0.4) is 0 Å². The molecule has 8 heteroatoms. The standard InChI is InChI=1S/C23H23ClN2O4S/c1-16-15-21(11-12-22(16)26-23(27)18-5-7-19(24)8-6-18)31(28,29)25-14-13-17-3-9-20(30-2)10-4-17/h3-12,15,25H,13-14H2,1-2H3,(H,26,27). The van der Waals surface area contributed by atoms with Crippen molar-refractivity contribution in [1.29, 1.82) is 0 Å². The molecule has 0 aliphatic rings. The van der Waals surface area contributed by atoms with Gasteiger partial charge in [0.25, 0.3) is 5.91 Å². The second kappa shape index (κ2) is 9.96. The Labute approximate surface area is 187 Å². The van der Waals surface area contributed by atoms with Crippen LogP contribution in [-0.2, 0) is 16.4 Å². The van der Waals surface area contributed by atoms with Crippen molar-refractivity contribution in [2.45, 2.75) is 18.2 Å². The molecule has 0 aliphatic carbocycles. The number of nitrogens with one attached hydrogen (secondary N) is 2. The van der Waals surface area contributed by atoms with E-state index in [2.05, 4.69) is 10.0 Å². The van der Waals surface area contributed by atoms with E-state index in [1.807, 2.05) is 24.3 Å². The van der Waals surface area contributed by atoms with Crippen molar-refractivity contribution in [3.63, 3.8) is 0 Å². The zero-order valence-electron chi connectivity index (χ0n) is 17.2. The monoisotopic (exact) mass is 458 g/mol. The van der Waals surface area contributed by atoms with Gasteiger partial charge in [-0.15, -0.1) is 0 Å². The van der Waals surface area contributed by atoms with Crippen LogP contribution in [0.15, 0.2) is 71.6 Å².